The zero-order chi connectivity index (χ0) is 28.1. The van der Waals surface area contributed by atoms with Gasteiger partial charge in [-0.15, -0.1) is 0 Å². The fourth-order valence-corrected chi connectivity index (χ4v) is 7.99. The van der Waals surface area contributed by atoms with Crippen molar-refractivity contribution in [3.63, 3.8) is 0 Å². The van der Waals surface area contributed by atoms with Crippen LogP contribution in [0.2, 0.25) is 0 Å². The third kappa shape index (κ3) is 8.38. The van der Waals surface area contributed by atoms with Crippen LogP contribution in [0.5, 0.6) is 0 Å². The van der Waals surface area contributed by atoms with Gasteiger partial charge in [0.2, 0.25) is 0 Å². The quantitative estimate of drug-likeness (QED) is 0.224. The summed E-state index contributed by atoms with van der Waals surface area (Å²) in [4.78, 5) is 2.68. The van der Waals surface area contributed by atoms with E-state index in [9.17, 15) is 0 Å². The van der Waals surface area contributed by atoms with Crippen molar-refractivity contribution in [1.82, 2.24) is 4.90 Å². The topological polar surface area (TPSA) is 72.2 Å². The van der Waals surface area contributed by atoms with Crippen LogP contribution in [0.15, 0.2) is 84.9 Å². The van der Waals surface area contributed by atoms with Crippen LogP contribution in [0, 0.1) is 20.0 Å². The van der Waals surface area contributed by atoms with E-state index >= 15 is 0 Å². The summed E-state index contributed by atoms with van der Waals surface area (Å²) < 4.78 is 29.4. The molecule has 5 nitrogen and oxygen atoms in total. The molecule has 0 N–H and O–H groups in total. The Morgan fingerprint density at radius 3 is 1.69 bits per heavy atom. The second-order valence-corrected chi connectivity index (χ2v) is 12.2. The maximum absolute atomic E-state index is 7.50. The summed E-state index contributed by atoms with van der Waals surface area (Å²) in [5.74, 6) is 0. The van der Waals surface area contributed by atoms with Gasteiger partial charge in [0.15, 0.2) is 0 Å². The van der Waals surface area contributed by atoms with E-state index in [1.165, 1.54) is 47.2 Å². The molecular formula is C32H34CrNO4P. The average Bonchev–Trinajstić information content (AvgIpc) is 3.38. The van der Waals surface area contributed by atoms with E-state index in [1.807, 2.05) is 0 Å². The first-order valence-electron chi connectivity index (χ1n) is 12.6. The SMILES string of the molecule is CC(C)(C)N1[C@@H]2CCCC[C@H]2O[C@H]1c1ccccc1P(c1ccccc1)c1ccccc1.[C-]#[O+].[C-]#[O+].[C-]#[O+].[Cr]. The summed E-state index contributed by atoms with van der Waals surface area (Å²) in [5.41, 5.74) is 1.40. The van der Waals surface area contributed by atoms with Crippen LogP contribution in [0.1, 0.15) is 58.2 Å². The van der Waals surface area contributed by atoms with Gasteiger partial charge < -0.3 is 4.74 Å². The molecule has 0 amide bonds. The minimum Gasteiger partial charge on any atom is 0 e. The van der Waals surface area contributed by atoms with Crippen LogP contribution in [-0.2, 0) is 36.1 Å². The van der Waals surface area contributed by atoms with Gasteiger partial charge in [0.25, 0.3) is 0 Å². The van der Waals surface area contributed by atoms with Crippen LogP contribution < -0.4 is 15.9 Å². The Hall–Kier alpha value is -2.24. The number of nitrogens with zero attached hydrogens (tertiary/aromatic N) is 1. The second-order valence-electron chi connectivity index (χ2n) is 10.0. The number of fused-ring (bicyclic) bond motifs is 1. The molecule has 0 bridgehead atoms. The van der Waals surface area contributed by atoms with Crippen LogP contribution >= 0.6 is 7.92 Å². The van der Waals surface area contributed by atoms with Crippen LogP contribution in [-0.4, -0.2) is 22.6 Å². The Balaban J connectivity index is 0.00000102. The third-order valence-electron chi connectivity index (χ3n) is 6.83. The fourth-order valence-electron chi connectivity index (χ4n) is 5.51. The summed E-state index contributed by atoms with van der Waals surface area (Å²) in [6, 6.07) is 31.6. The Morgan fingerprint density at radius 2 is 1.18 bits per heavy atom. The molecule has 0 aromatic heterocycles. The zero-order valence-electron chi connectivity index (χ0n) is 22.6. The van der Waals surface area contributed by atoms with Gasteiger partial charge in [-0.1, -0.05) is 97.8 Å². The predicted molar refractivity (Wildman–Crippen MR) is 148 cm³/mol. The maximum Gasteiger partial charge on any atom is 0 e. The van der Waals surface area contributed by atoms with Crippen LogP contribution in [0.4, 0.5) is 0 Å². The molecule has 1 aliphatic heterocycles. The Morgan fingerprint density at radius 1 is 0.718 bits per heavy atom. The molecule has 3 atom stereocenters. The summed E-state index contributed by atoms with van der Waals surface area (Å²) in [5, 5.41) is 4.19. The van der Waals surface area contributed by atoms with E-state index in [2.05, 4.69) is 131 Å². The molecule has 2 aliphatic rings. The van der Waals surface area contributed by atoms with Crippen molar-refractivity contribution in [3.8, 4) is 0 Å². The first-order valence-corrected chi connectivity index (χ1v) is 13.9. The van der Waals surface area contributed by atoms with Crippen LogP contribution in [0.3, 0.4) is 0 Å². The molecule has 1 aliphatic carbocycles. The molecule has 1 saturated carbocycles. The first-order chi connectivity index (χ1) is 18.5. The normalized spacial score (nSPS) is 19.8. The van der Waals surface area contributed by atoms with Gasteiger partial charge in [0.05, 0.1) is 6.10 Å². The molecule has 1 saturated heterocycles. The molecular weight excluding hydrogens is 545 g/mol. The monoisotopic (exact) mass is 579 g/mol. The van der Waals surface area contributed by atoms with Gasteiger partial charge in [-0.3, -0.25) is 4.90 Å². The number of ether oxygens (including phenoxy) is 1. The first kappa shape index (κ1) is 34.8. The Bertz CT molecular complexity index is 1120. The summed E-state index contributed by atoms with van der Waals surface area (Å²) >= 11 is 0. The number of rotatable bonds is 4. The second kappa shape index (κ2) is 17.5. The van der Waals surface area contributed by atoms with Crippen molar-refractivity contribution in [2.45, 2.75) is 70.4 Å². The summed E-state index contributed by atoms with van der Waals surface area (Å²) in [6.07, 6.45) is 5.38. The molecule has 3 aromatic rings. The number of benzene rings is 3. The van der Waals surface area contributed by atoms with E-state index in [4.69, 9.17) is 18.7 Å². The van der Waals surface area contributed by atoms with Crippen molar-refractivity contribution >= 4 is 23.8 Å². The predicted octanol–water partition coefficient (Wildman–Crippen LogP) is 5.77. The third-order valence-corrected chi connectivity index (χ3v) is 9.35. The molecule has 0 radical (unpaired) electrons. The van der Waals surface area contributed by atoms with E-state index in [0.717, 1.165) is 0 Å². The smallest absolute Gasteiger partial charge is 0 e. The average molecular weight is 580 g/mol. The minimum absolute atomic E-state index is 0. The van der Waals surface area contributed by atoms with Gasteiger partial charge in [-0.2, -0.15) is 0 Å². The van der Waals surface area contributed by atoms with Crippen molar-refractivity contribution in [1.29, 1.82) is 0 Å². The Labute approximate surface area is 245 Å². The van der Waals surface area contributed by atoms with E-state index < -0.39 is 7.92 Å². The van der Waals surface area contributed by atoms with E-state index in [0.29, 0.717) is 12.1 Å². The van der Waals surface area contributed by atoms with Gasteiger partial charge in [-0.25, -0.2) is 0 Å². The molecule has 202 valence electrons. The molecule has 0 spiro atoms. The number of hydrogen-bond acceptors (Lipinski definition) is 2. The fraction of sp³-hybridized carbons (Fsp3) is 0.344. The van der Waals surface area contributed by atoms with Crippen molar-refractivity contribution in [3.05, 3.63) is 110 Å². The minimum atomic E-state index is -0.666. The maximum atomic E-state index is 7.50. The molecule has 39 heavy (non-hydrogen) atoms. The van der Waals surface area contributed by atoms with Gasteiger partial charge >= 0.3 is 33.9 Å². The molecule has 1 heterocycles. The standard InChI is InChI=1S/C29H34NOP.3CO.Cr/c1-29(2,3)30-25-19-11-12-20-26(25)31-28(30)24-18-10-13-21-27(24)32(22-14-6-4-7-15-22)23-16-8-5-9-17-23;3*1-2;/h4-10,13-18,21,25-26,28H,11-12,19-20H2,1-3H3;;;;/t25-,26-,28+;;;;/m1..../s1. The zero-order valence-corrected chi connectivity index (χ0v) is 24.7. The molecule has 2 fully saturated rings. The molecule has 5 rings (SSSR count). The van der Waals surface area contributed by atoms with E-state index in [1.54, 1.807) is 0 Å². The summed E-state index contributed by atoms with van der Waals surface area (Å²) in [6.45, 7) is 20.5. The van der Waals surface area contributed by atoms with Crippen LogP contribution in [0.25, 0.3) is 0 Å². The van der Waals surface area contributed by atoms with Crippen molar-refractivity contribution in [2.24, 2.45) is 0 Å². The van der Waals surface area contributed by atoms with Crippen molar-refractivity contribution < 1.29 is 36.1 Å². The van der Waals surface area contributed by atoms with Crippen molar-refractivity contribution in [2.75, 3.05) is 0 Å². The molecule has 3 aromatic carbocycles. The van der Waals surface area contributed by atoms with Gasteiger partial charge in [0.1, 0.15) is 6.23 Å². The largest absolute Gasteiger partial charge is 0 e. The summed E-state index contributed by atoms with van der Waals surface area (Å²) in [7, 11) is -0.666. The van der Waals surface area contributed by atoms with Gasteiger partial charge in [-0.05, 0) is 57.4 Å². The van der Waals surface area contributed by atoms with E-state index in [-0.39, 0.29) is 29.1 Å². The van der Waals surface area contributed by atoms with Gasteiger partial charge in [0, 0.05) is 34.5 Å². The molecule has 0 unspecified atom stereocenters. The Kier molecular flexibility index (Phi) is 15.6. The number of hydrogen-bond donors (Lipinski definition) is 0. The molecule has 7 heteroatoms.